The van der Waals surface area contributed by atoms with Gasteiger partial charge in [0.15, 0.2) is 0 Å². The zero-order valence-corrected chi connectivity index (χ0v) is 15.7. The molecule has 1 aromatic carbocycles. The van der Waals surface area contributed by atoms with Crippen LogP contribution in [-0.4, -0.2) is 15.7 Å². The first-order chi connectivity index (χ1) is 12.7. The van der Waals surface area contributed by atoms with E-state index in [-0.39, 0.29) is 11.7 Å². The topological polar surface area (TPSA) is 46.9 Å². The largest absolute Gasteiger partial charge is 0.310 e. The van der Waals surface area contributed by atoms with Crippen LogP contribution in [0.25, 0.3) is 5.69 Å². The minimum Gasteiger partial charge on any atom is -0.310 e. The van der Waals surface area contributed by atoms with Crippen LogP contribution in [0.15, 0.2) is 24.3 Å². The molecule has 0 atom stereocenters. The van der Waals surface area contributed by atoms with Crippen molar-refractivity contribution in [1.29, 1.82) is 0 Å². The summed E-state index contributed by atoms with van der Waals surface area (Å²) in [6.45, 7) is 0. The van der Waals surface area contributed by atoms with Crippen molar-refractivity contribution in [2.24, 2.45) is 5.92 Å². The zero-order chi connectivity index (χ0) is 17.9. The van der Waals surface area contributed by atoms with E-state index in [2.05, 4.69) is 10.4 Å². The molecule has 4 rings (SSSR count). The van der Waals surface area contributed by atoms with Crippen molar-refractivity contribution in [3.8, 4) is 5.69 Å². The Labute approximate surface area is 157 Å². The Morgan fingerprint density at radius 3 is 2.73 bits per heavy atom. The predicted octanol–water partition coefficient (Wildman–Crippen LogP) is 5.06. The van der Waals surface area contributed by atoms with E-state index >= 15 is 0 Å². The number of aromatic nitrogens is 2. The van der Waals surface area contributed by atoms with Crippen LogP contribution in [0.4, 0.5) is 10.2 Å². The molecule has 0 saturated heterocycles. The molecule has 1 N–H and O–H groups in total. The standard InChI is InChI=1S/C20H24FN3OS/c21-15-7-9-16(10-8-15)24-20(17-12-26-13-18(17)23-24)22-19(25)11-6-14-4-2-1-3-5-14/h7-10,14H,1-6,11-13H2,(H,22,25). The quantitative estimate of drug-likeness (QED) is 0.797. The van der Waals surface area contributed by atoms with Gasteiger partial charge < -0.3 is 5.32 Å². The Bertz CT molecular complexity index is 781. The van der Waals surface area contributed by atoms with E-state index in [1.165, 1.54) is 44.2 Å². The highest BCUT2D eigenvalue weighted by atomic mass is 32.2. The average molecular weight is 373 g/mol. The molecule has 0 unspecified atom stereocenters. The molecule has 2 aliphatic rings. The third kappa shape index (κ3) is 3.80. The van der Waals surface area contributed by atoms with Crippen LogP contribution in [-0.2, 0) is 16.3 Å². The first-order valence-electron chi connectivity index (χ1n) is 9.45. The fraction of sp³-hybridized carbons (Fsp3) is 0.500. The Kier molecular flexibility index (Phi) is 5.29. The maximum atomic E-state index is 13.2. The lowest BCUT2D eigenvalue weighted by molar-refractivity contribution is -0.116. The number of fused-ring (bicyclic) bond motifs is 1. The summed E-state index contributed by atoms with van der Waals surface area (Å²) in [5.41, 5.74) is 2.89. The summed E-state index contributed by atoms with van der Waals surface area (Å²) in [6, 6.07) is 6.24. The van der Waals surface area contributed by atoms with Crippen LogP contribution in [0, 0.1) is 11.7 Å². The van der Waals surface area contributed by atoms with Crippen molar-refractivity contribution in [1.82, 2.24) is 9.78 Å². The molecule has 26 heavy (non-hydrogen) atoms. The van der Waals surface area contributed by atoms with Crippen LogP contribution < -0.4 is 5.32 Å². The Morgan fingerprint density at radius 1 is 1.19 bits per heavy atom. The number of anilines is 1. The lowest BCUT2D eigenvalue weighted by Crippen LogP contribution is -2.17. The minimum absolute atomic E-state index is 0.0542. The molecule has 1 aliphatic heterocycles. The summed E-state index contributed by atoms with van der Waals surface area (Å²) < 4.78 is 15.0. The molecule has 2 aromatic rings. The summed E-state index contributed by atoms with van der Waals surface area (Å²) in [7, 11) is 0. The highest BCUT2D eigenvalue weighted by Gasteiger charge is 2.25. The molecular weight excluding hydrogens is 349 g/mol. The number of nitrogens with one attached hydrogen (secondary N) is 1. The van der Waals surface area contributed by atoms with Crippen LogP contribution in [0.5, 0.6) is 0 Å². The van der Waals surface area contributed by atoms with Crippen LogP contribution >= 0.6 is 11.8 Å². The molecule has 138 valence electrons. The van der Waals surface area contributed by atoms with E-state index < -0.39 is 0 Å². The number of carbonyl (C=O) groups is 1. The number of hydrogen-bond donors (Lipinski definition) is 1. The molecule has 1 aromatic heterocycles. The van der Waals surface area contributed by atoms with Gasteiger partial charge in [0.1, 0.15) is 11.6 Å². The minimum atomic E-state index is -0.276. The molecule has 1 amide bonds. The summed E-state index contributed by atoms with van der Waals surface area (Å²) in [5, 5.41) is 7.75. The Balaban J connectivity index is 1.49. The third-order valence-electron chi connectivity index (χ3n) is 5.39. The van der Waals surface area contributed by atoms with Gasteiger partial charge in [-0.3, -0.25) is 4.79 Å². The van der Waals surface area contributed by atoms with Gasteiger partial charge in [-0.25, -0.2) is 9.07 Å². The SMILES string of the molecule is O=C(CCC1CCCCC1)Nc1c2c(nn1-c1ccc(F)cc1)CSC2. The number of hydrogen-bond acceptors (Lipinski definition) is 3. The van der Waals surface area contributed by atoms with Gasteiger partial charge in [-0.15, -0.1) is 0 Å². The van der Waals surface area contributed by atoms with Gasteiger partial charge in [-0.2, -0.15) is 16.9 Å². The molecular formula is C20H24FN3OS. The van der Waals surface area contributed by atoms with Crippen molar-refractivity contribution in [3.63, 3.8) is 0 Å². The number of halogens is 1. The molecule has 6 heteroatoms. The highest BCUT2D eigenvalue weighted by Crippen LogP contribution is 2.36. The van der Waals surface area contributed by atoms with Crippen LogP contribution in [0.3, 0.4) is 0 Å². The van der Waals surface area contributed by atoms with Crippen LogP contribution in [0.1, 0.15) is 56.2 Å². The van der Waals surface area contributed by atoms with Crippen molar-refractivity contribution in [3.05, 3.63) is 41.3 Å². The second-order valence-corrected chi connectivity index (χ2v) is 8.23. The maximum absolute atomic E-state index is 13.2. The van der Waals surface area contributed by atoms with Crippen molar-refractivity contribution in [2.75, 3.05) is 5.32 Å². The summed E-state index contributed by atoms with van der Waals surface area (Å²) in [6.07, 6.45) is 7.97. The van der Waals surface area contributed by atoms with Gasteiger partial charge in [-0.1, -0.05) is 32.1 Å². The number of rotatable bonds is 5. The van der Waals surface area contributed by atoms with Gasteiger partial charge in [-0.05, 0) is 36.6 Å². The first kappa shape index (κ1) is 17.6. The van der Waals surface area contributed by atoms with E-state index in [9.17, 15) is 9.18 Å². The van der Waals surface area contributed by atoms with E-state index in [0.717, 1.165) is 40.7 Å². The molecule has 2 heterocycles. The van der Waals surface area contributed by atoms with Gasteiger partial charge in [0.05, 0.1) is 11.4 Å². The summed E-state index contributed by atoms with van der Waals surface area (Å²) >= 11 is 1.81. The second-order valence-electron chi connectivity index (χ2n) is 7.25. The highest BCUT2D eigenvalue weighted by molar-refractivity contribution is 7.98. The van der Waals surface area contributed by atoms with Crippen molar-refractivity contribution in [2.45, 2.75) is 56.5 Å². The molecule has 0 bridgehead atoms. The van der Waals surface area contributed by atoms with Gasteiger partial charge in [0.2, 0.25) is 5.91 Å². The number of nitrogens with zero attached hydrogens (tertiary/aromatic N) is 2. The second kappa shape index (κ2) is 7.82. The smallest absolute Gasteiger partial charge is 0.225 e. The number of amides is 1. The van der Waals surface area contributed by atoms with Crippen molar-refractivity contribution >= 4 is 23.5 Å². The fourth-order valence-corrected chi connectivity index (χ4v) is 4.95. The maximum Gasteiger partial charge on any atom is 0.225 e. The molecule has 0 spiro atoms. The average Bonchev–Trinajstić information content (AvgIpc) is 3.24. The summed E-state index contributed by atoms with van der Waals surface area (Å²) in [5.74, 6) is 2.94. The van der Waals surface area contributed by atoms with E-state index in [1.54, 1.807) is 28.6 Å². The van der Waals surface area contributed by atoms with Gasteiger partial charge in [0.25, 0.3) is 0 Å². The van der Waals surface area contributed by atoms with E-state index in [0.29, 0.717) is 12.3 Å². The first-order valence-corrected chi connectivity index (χ1v) is 10.6. The molecule has 4 nitrogen and oxygen atoms in total. The number of benzene rings is 1. The molecule has 1 fully saturated rings. The third-order valence-corrected chi connectivity index (χ3v) is 6.36. The summed E-state index contributed by atoms with van der Waals surface area (Å²) in [4.78, 5) is 12.6. The number of carbonyl (C=O) groups excluding carboxylic acids is 1. The lowest BCUT2D eigenvalue weighted by Gasteiger charge is -2.21. The molecule has 0 radical (unpaired) electrons. The van der Waals surface area contributed by atoms with Crippen molar-refractivity contribution < 1.29 is 9.18 Å². The monoisotopic (exact) mass is 373 g/mol. The van der Waals surface area contributed by atoms with Gasteiger partial charge in [0, 0.05) is 23.5 Å². The molecule has 1 saturated carbocycles. The number of thioether (sulfide) groups is 1. The normalized spacial score (nSPS) is 17.3. The lowest BCUT2D eigenvalue weighted by atomic mass is 9.86. The fourth-order valence-electron chi connectivity index (χ4n) is 3.92. The van der Waals surface area contributed by atoms with E-state index in [4.69, 9.17) is 0 Å². The zero-order valence-electron chi connectivity index (χ0n) is 14.8. The Morgan fingerprint density at radius 2 is 1.96 bits per heavy atom. The Hall–Kier alpha value is -1.82. The van der Waals surface area contributed by atoms with Gasteiger partial charge >= 0.3 is 0 Å². The van der Waals surface area contributed by atoms with Crippen LogP contribution in [0.2, 0.25) is 0 Å². The predicted molar refractivity (Wildman–Crippen MR) is 103 cm³/mol. The van der Waals surface area contributed by atoms with E-state index in [1.807, 2.05) is 0 Å². The molecule has 1 aliphatic carbocycles.